The molecule has 0 bridgehead atoms. The van der Waals surface area contributed by atoms with Crippen molar-refractivity contribution in [3.63, 3.8) is 0 Å². The Labute approximate surface area is 203 Å². The van der Waals surface area contributed by atoms with Crippen LogP contribution in [-0.4, -0.2) is 57.2 Å². The van der Waals surface area contributed by atoms with Crippen LogP contribution >= 0.6 is 0 Å². The standard InChI is InChI=1S/C26H30FN5O2/c1-26(33,18-27)9-6-19-4-3-5-20(12-19)17-34-24-13-21(14-29-25(24)28)22-15-30-32(16-22)23-7-10-31(2)11-8-23/h3-5,12-16,23,33H,7-8,10-11,17-18H2,1-2H3,(H2,28,29)/i1D3. The quantitative estimate of drug-likeness (QED) is 0.541. The summed E-state index contributed by atoms with van der Waals surface area (Å²) in [5, 5.41) is 14.6. The molecule has 34 heavy (non-hydrogen) atoms. The van der Waals surface area contributed by atoms with Crippen LogP contribution in [0.3, 0.4) is 0 Å². The molecule has 0 saturated carbocycles. The van der Waals surface area contributed by atoms with Crippen LogP contribution < -0.4 is 10.5 Å². The molecule has 0 radical (unpaired) electrons. The first-order valence-corrected chi connectivity index (χ1v) is 11.1. The highest BCUT2D eigenvalue weighted by molar-refractivity contribution is 5.65. The molecule has 8 heteroatoms. The molecule has 2 aromatic heterocycles. The number of ether oxygens (including phenoxy) is 1. The number of nitrogens with two attached hydrogens (primary N) is 1. The molecular weight excluding hydrogens is 433 g/mol. The first-order valence-electron chi connectivity index (χ1n) is 12.6. The number of halogens is 1. The number of nitrogens with zero attached hydrogens (tertiary/aromatic N) is 4. The fraction of sp³-hybridized carbons (Fsp3) is 0.385. The molecule has 1 aliphatic heterocycles. The van der Waals surface area contributed by atoms with Gasteiger partial charge >= 0.3 is 0 Å². The number of aliphatic hydroxyl groups is 1. The van der Waals surface area contributed by atoms with Crippen molar-refractivity contribution in [3.8, 4) is 28.7 Å². The van der Waals surface area contributed by atoms with E-state index in [0.29, 0.717) is 17.4 Å². The lowest BCUT2D eigenvalue weighted by atomic mass is 10.1. The van der Waals surface area contributed by atoms with Crippen molar-refractivity contribution in [1.29, 1.82) is 0 Å². The zero-order chi connectivity index (χ0) is 26.6. The molecule has 178 valence electrons. The monoisotopic (exact) mass is 466 g/mol. The molecule has 1 fully saturated rings. The van der Waals surface area contributed by atoms with Crippen molar-refractivity contribution in [1.82, 2.24) is 19.7 Å². The summed E-state index contributed by atoms with van der Waals surface area (Å²) in [6.07, 6.45) is 7.63. The van der Waals surface area contributed by atoms with E-state index in [9.17, 15) is 9.50 Å². The van der Waals surface area contributed by atoms with Gasteiger partial charge in [0.1, 0.15) is 13.3 Å². The second kappa shape index (κ2) is 10.2. The Bertz CT molecular complexity index is 1300. The average molecular weight is 467 g/mol. The molecule has 3 N–H and O–H groups in total. The van der Waals surface area contributed by atoms with Crippen LogP contribution in [0.15, 0.2) is 48.9 Å². The van der Waals surface area contributed by atoms with E-state index in [1.165, 1.54) is 0 Å². The third-order valence-corrected chi connectivity index (χ3v) is 5.81. The summed E-state index contributed by atoms with van der Waals surface area (Å²) in [5.74, 6) is 5.36. The van der Waals surface area contributed by atoms with Gasteiger partial charge in [-0.15, -0.1) is 0 Å². The van der Waals surface area contributed by atoms with Crippen molar-refractivity contribution < 1.29 is 18.3 Å². The Kier molecular flexibility index (Phi) is 6.03. The van der Waals surface area contributed by atoms with E-state index < -0.39 is 19.1 Å². The zero-order valence-electron chi connectivity index (χ0n) is 22.0. The van der Waals surface area contributed by atoms with Crippen LogP contribution in [0.4, 0.5) is 10.2 Å². The summed E-state index contributed by atoms with van der Waals surface area (Å²) >= 11 is 0. The normalized spacial score (nSPS) is 18.1. The SMILES string of the molecule is [2H]C([2H])([2H])C(O)(C#Cc1cccc(COc2cc(-c3cnn(C4CCN(C)CC4)c3)cnc2N)c1)CF. The molecule has 0 amide bonds. The summed E-state index contributed by atoms with van der Waals surface area (Å²) < 4.78 is 43.1. The van der Waals surface area contributed by atoms with Gasteiger partial charge in [-0.1, -0.05) is 24.0 Å². The van der Waals surface area contributed by atoms with E-state index in [4.69, 9.17) is 14.6 Å². The number of likely N-dealkylation sites (tertiary alicyclic amines) is 1. The number of nitrogen functional groups attached to an aromatic ring is 1. The van der Waals surface area contributed by atoms with Crippen molar-refractivity contribution in [3.05, 3.63) is 60.0 Å². The molecule has 7 nitrogen and oxygen atoms in total. The molecule has 1 saturated heterocycles. The van der Waals surface area contributed by atoms with Crippen LogP contribution in [-0.2, 0) is 6.61 Å². The second-order valence-electron chi connectivity index (χ2n) is 8.58. The van der Waals surface area contributed by atoms with Crippen LogP contribution in [0, 0.1) is 11.8 Å². The second-order valence-corrected chi connectivity index (χ2v) is 8.58. The van der Waals surface area contributed by atoms with Crippen LogP contribution in [0.5, 0.6) is 5.75 Å². The maximum Gasteiger partial charge on any atom is 0.166 e. The molecule has 0 aliphatic carbocycles. The van der Waals surface area contributed by atoms with Crippen LogP contribution in [0.2, 0.25) is 0 Å². The van der Waals surface area contributed by atoms with Crippen LogP contribution in [0.1, 0.15) is 41.0 Å². The number of anilines is 1. The summed E-state index contributed by atoms with van der Waals surface area (Å²) in [5.41, 5.74) is 6.22. The fourth-order valence-electron chi connectivity index (χ4n) is 3.78. The molecule has 0 spiro atoms. The molecule has 1 aromatic carbocycles. The van der Waals surface area contributed by atoms with E-state index in [-0.39, 0.29) is 12.4 Å². The highest BCUT2D eigenvalue weighted by Crippen LogP contribution is 2.29. The first kappa shape index (κ1) is 20.0. The Balaban J connectivity index is 1.46. The van der Waals surface area contributed by atoms with Crippen molar-refractivity contribution in [2.24, 2.45) is 0 Å². The minimum atomic E-state index is -2.96. The number of alkyl halides is 1. The lowest BCUT2D eigenvalue weighted by Gasteiger charge is -2.28. The van der Waals surface area contributed by atoms with Gasteiger partial charge in [0, 0.05) is 33.2 Å². The lowest BCUT2D eigenvalue weighted by Crippen LogP contribution is -2.31. The Morgan fingerprint density at radius 1 is 1.29 bits per heavy atom. The summed E-state index contributed by atoms with van der Waals surface area (Å²) in [6, 6.07) is 9.01. The van der Waals surface area contributed by atoms with Gasteiger partial charge in [-0.2, -0.15) is 5.10 Å². The maximum absolute atomic E-state index is 13.2. The van der Waals surface area contributed by atoms with Gasteiger partial charge in [0.25, 0.3) is 0 Å². The highest BCUT2D eigenvalue weighted by Gasteiger charge is 2.19. The van der Waals surface area contributed by atoms with E-state index >= 15 is 0 Å². The largest absolute Gasteiger partial charge is 0.485 e. The number of rotatable bonds is 6. The van der Waals surface area contributed by atoms with Crippen LogP contribution in [0.25, 0.3) is 11.1 Å². The molecule has 4 rings (SSSR count). The number of pyridine rings is 1. The molecule has 3 heterocycles. The van der Waals surface area contributed by atoms with Gasteiger partial charge in [-0.3, -0.25) is 4.68 Å². The van der Waals surface area contributed by atoms with E-state index in [1.807, 2.05) is 23.1 Å². The third-order valence-electron chi connectivity index (χ3n) is 5.81. The highest BCUT2D eigenvalue weighted by atomic mass is 19.1. The first-order chi connectivity index (χ1) is 17.6. The maximum atomic E-state index is 13.2. The number of hydrogen-bond acceptors (Lipinski definition) is 6. The number of hydrogen-bond donors (Lipinski definition) is 2. The Morgan fingerprint density at radius 2 is 2.12 bits per heavy atom. The van der Waals surface area contributed by atoms with Gasteiger partial charge in [0.05, 0.1) is 12.2 Å². The topological polar surface area (TPSA) is 89.4 Å². The minimum Gasteiger partial charge on any atom is -0.485 e. The van der Waals surface area contributed by atoms with Gasteiger partial charge < -0.3 is 20.5 Å². The Morgan fingerprint density at radius 3 is 2.88 bits per heavy atom. The average Bonchev–Trinajstić information content (AvgIpc) is 3.37. The number of benzene rings is 1. The van der Waals surface area contributed by atoms with E-state index in [0.717, 1.165) is 42.6 Å². The summed E-state index contributed by atoms with van der Waals surface area (Å²) in [7, 11) is 2.13. The van der Waals surface area contributed by atoms with Crippen molar-refractivity contribution in [2.45, 2.75) is 37.9 Å². The molecule has 1 aliphatic rings. The Hall–Kier alpha value is -3.41. The molecule has 1 atom stereocenters. The summed E-state index contributed by atoms with van der Waals surface area (Å²) in [6.45, 7) is -2.23. The van der Waals surface area contributed by atoms with E-state index in [2.05, 4.69) is 33.9 Å². The minimum absolute atomic E-state index is 0.145. The number of piperidine rings is 1. The smallest absolute Gasteiger partial charge is 0.166 e. The zero-order valence-corrected chi connectivity index (χ0v) is 19.0. The molecule has 3 aromatic rings. The fourth-order valence-corrected chi connectivity index (χ4v) is 3.78. The van der Waals surface area contributed by atoms with Crippen molar-refractivity contribution in [2.75, 3.05) is 32.5 Å². The molecule has 1 unspecified atom stereocenters. The predicted octanol–water partition coefficient (Wildman–Crippen LogP) is 3.45. The number of aromatic nitrogens is 3. The predicted molar refractivity (Wildman–Crippen MR) is 130 cm³/mol. The molecular formula is C26H30FN5O2. The summed E-state index contributed by atoms with van der Waals surface area (Å²) in [4.78, 5) is 6.59. The van der Waals surface area contributed by atoms with Gasteiger partial charge in [0.2, 0.25) is 0 Å². The van der Waals surface area contributed by atoms with Gasteiger partial charge in [0.15, 0.2) is 17.2 Å². The third kappa shape index (κ3) is 5.93. The van der Waals surface area contributed by atoms with Gasteiger partial charge in [-0.25, -0.2) is 9.37 Å². The van der Waals surface area contributed by atoms with Crippen molar-refractivity contribution >= 4 is 5.82 Å². The van der Waals surface area contributed by atoms with E-state index in [1.54, 1.807) is 30.5 Å². The van der Waals surface area contributed by atoms with Gasteiger partial charge in [-0.05, 0) is 63.6 Å². The lowest BCUT2D eigenvalue weighted by molar-refractivity contribution is 0.0905.